The van der Waals surface area contributed by atoms with Gasteiger partial charge in [-0.2, -0.15) is 5.10 Å². The predicted octanol–water partition coefficient (Wildman–Crippen LogP) is 0.276. The summed E-state index contributed by atoms with van der Waals surface area (Å²) in [6.07, 6.45) is 6.13. The van der Waals surface area contributed by atoms with Gasteiger partial charge in [-0.25, -0.2) is 4.52 Å². The number of carboxylic acid groups (broad SMARTS) is 1. The molecule has 0 spiro atoms. The van der Waals surface area contributed by atoms with Gasteiger partial charge >= 0.3 is 5.97 Å². The normalized spacial score (nSPS) is 10.5. The number of nitrogens with zero attached hydrogens (tertiary/aromatic N) is 4. The van der Waals surface area contributed by atoms with E-state index in [1.807, 2.05) is 0 Å². The summed E-state index contributed by atoms with van der Waals surface area (Å²) in [6, 6.07) is 0. The summed E-state index contributed by atoms with van der Waals surface area (Å²) in [4.78, 5) is 28.0. The lowest BCUT2D eigenvalue weighted by molar-refractivity contribution is -0.137. The van der Waals surface area contributed by atoms with Gasteiger partial charge in [0.25, 0.3) is 5.91 Å². The lowest BCUT2D eigenvalue weighted by Gasteiger charge is -2.17. The quantitative estimate of drug-likeness (QED) is 0.839. The molecule has 0 unspecified atom stereocenters. The van der Waals surface area contributed by atoms with Crippen LogP contribution in [0.2, 0.25) is 0 Å². The van der Waals surface area contributed by atoms with Crippen molar-refractivity contribution in [1.29, 1.82) is 0 Å². The van der Waals surface area contributed by atoms with Crippen LogP contribution in [0.4, 0.5) is 0 Å². The Morgan fingerprint density at radius 2 is 2.22 bits per heavy atom. The minimum absolute atomic E-state index is 0.322. The Labute approximate surface area is 103 Å². The molecular formula is C11H12N4O3. The average Bonchev–Trinajstić information content (AvgIpc) is 2.78. The number of hydrogen-bond donors (Lipinski definition) is 1. The maximum atomic E-state index is 12.2. The highest BCUT2D eigenvalue weighted by atomic mass is 16.4. The molecule has 0 saturated heterocycles. The molecule has 7 nitrogen and oxygen atoms in total. The molecule has 0 aliphatic carbocycles. The first-order chi connectivity index (χ1) is 8.63. The van der Waals surface area contributed by atoms with Crippen LogP contribution in [-0.2, 0) is 4.79 Å². The van der Waals surface area contributed by atoms with Crippen LogP contribution >= 0.6 is 0 Å². The summed E-state index contributed by atoms with van der Waals surface area (Å²) < 4.78 is 1.52. The van der Waals surface area contributed by atoms with Gasteiger partial charge in [-0.05, 0) is 6.92 Å². The van der Waals surface area contributed by atoms with Crippen molar-refractivity contribution >= 4 is 17.4 Å². The SMILES string of the molecule is CCN(CC(=O)O)C(=O)c1cnn2ccncc12. The van der Waals surface area contributed by atoms with Crippen LogP contribution in [0.3, 0.4) is 0 Å². The maximum Gasteiger partial charge on any atom is 0.323 e. The molecule has 1 amide bonds. The van der Waals surface area contributed by atoms with Crippen molar-refractivity contribution in [3.8, 4) is 0 Å². The first-order valence-corrected chi connectivity index (χ1v) is 5.42. The zero-order valence-electron chi connectivity index (χ0n) is 9.78. The number of aromatic nitrogens is 3. The van der Waals surface area contributed by atoms with Crippen LogP contribution in [0, 0.1) is 0 Å². The largest absolute Gasteiger partial charge is 0.480 e. The molecule has 0 saturated carbocycles. The Morgan fingerprint density at radius 1 is 1.44 bits per heavy atom. The van der Waals surface area contributed by atoms with Crippen LogP contribution in [0.5, 0.6) is 0 Å². The topological polar surface area (TPSA) is 87.8 Å². The molecule has 94 valence electrons. The molecule has 0 aromatic carbocycles. The van der Waals surface area contributed by atoms with Gasteiger partial charge in [-0.15, -0.1) is 0 Å². The van der Waals surface area contributed by atoms with Crippen LogP contribution in [0.1, 0.15) is 17.3 Å². The zero-order valence-corrected chi connectivity index (χ0v) is 9.78. The van der Waals surface area contributed by atoms with Crippen molar-refractivity contribution in [2.24, 2.45) is 0 Å². The number of hydrogen-bond acceptors (Lipinski definition) is 4. The van der Waals surface area contributed by atoms with Crippen LogP contribution in [-0.4, -0.2) is 49.6 Å². The van der Waals surface area contributed by atoms with E-state index in [-0.39, 0.29) is 12.5 Å². The van der Waals surface area contributed by atoms with E-state index in [9.17, 15) is 9.59 Å². The van der Waals surface area contributed by atoms with E-state index in [0.717, 1.165) is 0 Å². The first-order valence-electron chi connectivity index (χ1n) is 5.42. The van der Waals surface area contributed by atoms with Gasteiger partial charge in [0.1, 0.15) is 6.54 Å². The van der Waals surface area contributed by atoms with Crippen molar-refractivity contribution in [1.82, 2.24) is 19.5 Å². The van der Waals surface area contributed by atoms with Crippen molar-refractivity contribution in [3.05, 3.63) is 30.4 Å². The van der Waals surface area contributed by atoms with Crippen molar-refractivity contribution < 1.29 is 14.7 Å². The molecule has 0 atom stereocenters. The van der Waals surface area contributed by atoms with Crippen molar-refractivity contribution in [2.75, 3.05) is 13.1 Å². The molecule has 18 heavy (non-hydrogen) atoms. The second-order valence-electron chi connectivity index (χ2n) is 3.68. The number of carbonyl (C=O) groups is 2. The lowest BCUT2D eigenvalue weighted by atomic mass is 10.2. The molecule has 0 bridgehead atoms. The monoisotopic (exact) mass is 248 g/mol. The summed E-state index contributed by atoms with van der Waals surface area (Å²) in [5.74, 6) is -1.40. The number of rotatable bonds is 4. The van der Waals surface area contributed by atoms with E-state index in [4.69, 9.17) is 5.11 Å². The summed E-state index contributed by atoms with van der Waals surface area (Å²) in [7, 11) is 0. The fourth-order valence-corrected chi connectivity index (χ4v) is 1.66. The Kier molecular flexibility index (Phi) is 3.22. The molecule has 1 N–H and O–H groups in total. The number of likely N-dealkylation sites (N-methyl/N-ethyl adjacent to an activating group) is 1. The number of carbonyl (C=O) groups excluding carboxylic acids is 1. The number of fused-ring (bicyclic) bond motifs is 1. The fourth-order valence-electron chi connectivity index (χ4n) is 1.66. The summed E-state index contributed by atoms with van der Waals surface area (Å²) in [6.45, 7) is 1.72. The van der Waals surface area contributed by atoms with Crippen LogP contribution < -0.4 is 0 Å². The van der Waals surface area contributed by atoms with E-state index in [1.165, 1.54) is 21.8 Å². The van der Waals surface area contributed by atoms with E-state index in [2.05, 4.69) is 10.1 Å². The van der Waals surface area contributed by atoms with E-state index in [0.29, 0.717) is 17.6 Å². The molecule has 7 heteroatoms. The van der Waals surface area contributed by atoms with Gasteiger partial charge < -0.3 is 10.0 Å². The molecular weight excluding hydrogens is 236 g/mol. The number of amides is 1. The van der Waals surface area contributed by atoms with Crippen molar-refractivity contribution in [3.63, 3.8) is 0 Å². The Morgan fingerprint density at radius 3 is 2.89 bits per heavy atom. The van der Waals surface area contributed by atoms with Gasteiger partial charge in [0, 0.05) is 18.9 Å². The summed E-state index contributed by atoms with van der Waals surface area (Å²) >= 11 is 0. The van der Waals surface area contributed by atoms with Crippen LogP contribution in [0.25, 0.3) is 5.52 Å². The smallest absolute Gasteiger partial charge is 0.323 e. The second-order valence-corrected chi connectivity index (χ2v) is 3.68. The summed E-state index contributed by atoms with van der Waals surface area (Å²) in [5, 5.41) is 12.8. The van der Waals surface area contributed by atoms with E-state index in [1.54, 1.807) is 19.3 Å². The molecule has 2 aromatic heterocycles. The standard InChI is InChI=1S/C11H12N4O3/c1-2-14(7-10(16)17)11(18)8-5-13-15-4-3-12-6-9(8)15/h3-6H,2,7H2,1H3,(H,16,17). The Balaban J connectivity index is 2.35. The molecule has 2 aromatic rings. The predicted molar refractivity (Wildman–Crippen MR) is 62.2 cm³/mol. The third kappa shape index (κ3) is 2.15. The van der Waals surface area contributed by atoms with Gasteiger partial charge in [0.05, 0.1) is 23.5 Å². The number of aliphatic carboxylic acids is 1. The lowest BCUT2D eigenvalue weighted by Crippen LogP contribution is -2.35. The van der Waals surface area contributed by atoms with Crippen molar-refractivity contribution in [2.45, 2.75) is 6.92 Å². The van der Waals surface area contributed by atoms with Gasteiger partial charge in [-0.3, -0.25) is 14.6 Å². The fraction of sp³-hybridized carbons (Fsp3) is 0.273. The molecule has 2 heterocycles. The first kappa shape index (κ1) is 12.0. The Hall–Kier alpha value is -2.44. The molecule has 0 aliphatic rings. The van der Waals surface area contributed by atoms with E-state index < -0.39 is 5.97 Å². The minimum Gasteiger partial charge on any atom is -0.480 e. The van der Waals surface area contributed by atoms with Gasteiger partial charge in [0.15, 0.2) is 0 Å². The third-order valence-corrected chi connectivity index (χ3v) is 2.55. The Bertz CT molecular complexity index is 593. The highest BCUT2D eigenvalue weighted by molar-refractivity contribution is 6.01. The van der Waals surface area contributed by atoms with Gasteiger partial charge in [-0.1, -0.05) is 0 Å². The molecule has 2 rings (SSSR count). The summed E-state index contributed by atoms with van der Waals surface area (Å²) in [5.41, 5.74) is 0.914. The second kappa shape index (κ2) is 4.82. The third-order valence-electron chi connectivity index (χ3n) is 2.55. The highest BCUT2D eigenvalue weighted by Crippen LogP contribution is 2.11. The van der Waals surface area contributed by atoms with Gasteiger partial charge in [0.2, 0.25) is 0 Å². The minimum atomic E-state index is -1.04. The van der Waals surface area contributed by atoms with Crippen LogP contribution in [0.15, 0.2) is 24.8 Å². The molecule has 0 fully saturated rings. The number of carboxylic acids is 1. The molecule has 0 radical (unpaired) electrons. The van der Waals surface area contributed by atoms with E-state index >= 15 is 0 Å². The average molecular weight is 248 g/mol. The zero-order chi connectivity index (χ0) is 13.1. The maximum absolute atomic E-state index is 12.2. The highest BCUT2D eigenvalue weighted by Gasteiger charge is 2.20. The molecule has 0 aliphatic heterocycles.